The Labute approximate surface area is 605 Å². The van der Waals surface area contributed by atoms with E-state index in [9.17, 15) is 0 Å². The second kappa shape index (κ2) is 22.1. The number of hydrogen-bond donors (Lipinski definition) is 0. The third-order valence-corrected chi connectivity index (χ3v) is 23.5. The van der Waals surface area contributed by atoms with Crippen LogP contribution in [-0.2, 0) is 10.8 Å². The van der Waals surface area contributed by atoms with Crippen LogP contribution in [0.3, 0.4) is 0 Å². The molecule has 0 radical (unpaired) electrons. The smallest absolute Gasteiger partial charge is 0.143 e. The van der Waals surface area contributed by atoms with Crippen molar-refractivity contribution in [2.45, 2.75) is 38.5 Å². The van der Waals surface area contributed by atoms with Crippen molar-refractivity contribution >= 4 is 130 Å². The number of nitrogens with zero attached hydrogens (tertiary/aromatic N) is 4. The summed E-state index contributed by atoms with van der Waals surface area (Å²) in [5.74, 6) is 0. The van der Waals surface area contributed by atoms with Gasteiger partial charge in [0.1, 0.15) is 11.2 Å². The summed E-state index contributed by atoms with van der Waals surface area (Å²) in [7, 11) is 0. The monoisotopic (exact) mass is 1340 g/mol. The van der Waals surface area contributed by atoms with Crippen LogP contribution < -0.4 is 0 Å². The summed E-state index contributed by atoms with van der Waals surface area (Å²) in [6, 6.07) is 120. The van der Waals surface area contributed by atoms with E-state index in [0.29, 0.717) is 0 Å². The van der Waals surface area contributed by atoms with Gasteiger partial charge in [-0.1, -0.05) is 264 Å². The van der Waals surface area contributed by atoms with Crippen LogP contribution >= 0.6 is 0 Å². The predicted octanol–water partition coefficient (Wildman–Crippen LogP) is 26.8. The average Bonchev–Trinajstić information content (AvgIpc) is 1.69. The normalized spacial score (nSPS) is 13.5. The first-order valence-electron chi connectivity index (χ1n) is 36.5. The van der Waals surface area contributed by atoms with Gasteiger partial charge in [-0.25, -0.2) is 9.97 Å². The lowest BCUT2D eigenvalue weighted by atomic mass is 9.81. The van der Waals surface area contributed by atoms with Gasteiger partial charge in [-0.2, -0.15) is 0 Å². The van der Waals surface area contributed by atoms with Crippen molar-refractivity contribution in [3.05, 3.63) is 350 Å². The molecule has 0 atom stereocenters. The zero-order valence-corrected chi connectivity index (χ0v) is 58.4. The van der Waals surface area contributed by atoms with Crippen LogP contribution in [0.1, 0.15) is 49.9 Å². The molecule has 5 nitrogen and oxygen atoms in total. The quantitative estimate of drug-likeness (QED) is 0.161. The van der Waals surface area contributed by atoms with Crippen LogP contribution in [0, 0.1) is 0 Å². The Kier molecular flexibility index (Phi) is 12.5. The molecule has 0 aliphatic heterocycles. The summed E-state index contributed by atoms with van der Waals surface area (Å²) in [4.78, 5) is 11.1. The molecule has 16 aromatic carbocycles. The van der Waals surface area contributed by atoms with Gasteiger partial charge in [0.15, 0.2) is 0 Å². The summed E-state index contributed by atoms with van der Waals surface area (Å²) in [5.41, 5.74) is 24.5. The molecule has 23 rings (SSSR count). The van der Waals surface area contributed by atoms with Crippen molar-refractivity contribution in [1.29, 1.82) is 0 Å². The average molecular weight is 1340 g/mol. The van der Waals surface area contributed by atoms with E-state index in [-0.39, 0.29) is 10.8 Å². The standard InChI is InChI=1S/C56H37N3.C44H29NO/c1-56(2)48-27-28-50(57-55(48)47-32-45-39-17-5-3-15-37(39)38-16-4-6-18-40(38)46(45)33-49(47)56)34-29-35(58-51-23-11-7-19-41(51)42-20-8-12-24-52(42)58)31-36(30-34)59-53-25-13-9-21-43(53)44-22-10-14-26-54(44)59;1-44(2)38-21-22-40(27-12-9-11-26(23-27)28-18-10-19-34-33-17-7-8-20-41(33)46-43(28)34)45-42(38)37-24-35-31-15-5-3-13-29(31)30-14-4-6-16-32(30)36(35)25-39(37)44/h3-33H,1-2H3;3-25H,1-2H3. The van der Waals surface area contributed by atoms with Crippen molar-refractivity contribution < 1.29 is 4.42 Å². The van der Waals surface area contributed by atoms with Gasteiger partial charge in [-0.15, -0.1) is 0 Å². The molecule has 2 aliphatic carbocycles. The molecule has 0 amide bonds. The van der Waals surface area contributed by atoms with E-state index in [1.54, 1.807) is 0 Å². The maximum atomic E-state index is 6.38. The molecule has 0 saturated heterocycles. The minimum Gasteiger partial charge on any atom is -0.455 e. The minimum atomic E-state index is -0.212. The summed E-state index contributed by atoms with van der Waals surface area (Å²) in [6.45, 7) is 9.39. The van der Waals surface area contributed by atoms with Crippen molar-refractivity contribution in [1.82, 2.24) is 19.1 Å². The molecule has 0 N–H and O–H groups in total. The summed E-state index contributed by atoms with van der Waals surface area (Å²) >= 11 is 0. The van der Waals surface area contributed by atoms with E-state index in [4.69, 9.17) is 14.4 Å². The largest absolute Gasteiger partial charge is 0.455 e. The number of benzene rings is 16. The molecule has 105 heavy (non-hydrogen) atoms. The number of furan rings is 1. The van der Waals surface area contributed by atoms with E-state index in [1.165, 1.54) is 142 Å². The molecule has 0 saturated carbocycles. The SMILES string of the molecule is CC1(C)c2cc3c4ccccc4c4ccccc4c3cc2-c2nc(-c3cc(-n4c5ccccc5c5ccccc54)cc(-n4c5ccccc5c5ccccc54)c3)ccc21.CC1(C)c2cc3c4ccccc4c4ccccc4c3cc2-c2nc(-c3cccc(-c4cccc5c4oc4ccccc45)c3)ccc21. The van der Waals surface area contributed by atoms with Crippen LogP contribution in [0.2, 0.25) is 0 Å². The van der Waals surface area contributed by atoms with E-state index >= 15 is 0 Å². The van der Waals surface area contributed by atoms with Crippen LogP contribution in [-0.4, -0.2) is 19.1 Å². The molecular formula is C100H66N4O. The van der Waals surface area contributed by atoms with Crippen molar-refractivity contribution in [3.8, 4) is 67.5 Å². The highest BCUT2D eigenvalue weighted by atomic mass is 16.3. The Bertz CT molecular complexity index is 7120. The van der Waals surface area contributed by atoms with Gasteiger partial charge < -0.3 is 13.6 Å². The molecule has 492 valence electrons. The molecule has 5 aromatic heterocycles. The highest BCUT2D eigenvalue weighted by molar-refractivity contribution is 6.28. The maximum Gasteiger partial charge on any atom is 0.143 e. The molecule has 0 fully saturated rings. The molecular weight excluding hydrogens is 1270 g/mol. The third kappa shape index (κ3) is 8.64. The number of fused-ring (bicyclic) bond motifs is 27. The highest BCUT2D eigenvalue weighted by Gasteiger charge is 2.39. The van der Waals surface area contributed by atoms with Crippen molar-refractivity contribution in [2.75, 3.05) is 0 Å². The topological polar surface area (TPSA) is 48.8 Å². The molecule has 5 heterocycles. The number of pyridine rings is 2. The number of para-hydroxylation sites is 6. The van der Waals surface area contributed by atoms with Gasteiger partial charge in [-0.3, -0.25) is 0 Å². The lowest BCUT2D eigenvalue weighted by molar-refractivity contribution is 0.660. The predicted molar refractivity (Wildman–Crippen MR) is 441 cm³/mol. The van der Waals surface area contributed by atoms with E-state index in [0.717, 1.165) is 78.3 Å². The fourth-order valence-corrected chi connectivity index (χ4v) is 18.5. The Morgan fingerprint density at radius 1 is 0.238 bits per heavy atom. The Balaban J connectivity index is 0.000000136. The van der Waals surface area contributed by atoms with Gasteiger partial charge >= 0.3 is 0 Å². The first-order chi connectivity index (χ1) is 51.6. The minimum absolute atomic E-state index is 0.157. The zero-order valence-electron chi connectivity index (χ0n) is 58.4. The molecule has 21 aromatic rings. The van der Waals surface area contributed by atoms with Gasteiger partial charge in [0, 0.05) is 82.3 Å². The highest BCUT2D eigenvalue weighted by Crippen LogP contribution is 2.54. The van der Waals surface area contributed by atoms with Crippen LogP contribution in [0.4, 0.5) is 0 Å². The van der Waals surface area contributed by atoms with E-state index in [1.807, 2.05) is 12.1 Å². The fraction of sp³-hybridized carbons (Fsp3) is 0.0600. The first kappa shape index (κ1) is 59.5. The van der Waals surface area contributed by atoms with Gasteiger partial charge in [-0.05, 0) is 183 Å². The van der Waals surface area contributed by atoms with Crippen LogP contribution in [0.5, 0.6) is 0 Å². The van der Waals surface area contributed by atoms with Crippen molar-refractivity contribution in [3.63, 3.8) is 0 Å². The summed E-state index contributed by atoms with van der Waals surface area (Å²) in [6.07, 6.45) is 0. The van der Waals surface area contributed by atoms with Crippen molar-refractivity contribution in [2.24, 2.45) is 0 Å². The fourth-order valence-electron chi connectivity index (χ4n) is 18.5. The lowest BCUT2D eigenvalue weighted by Crippen LogP contribution is -2.15. The Morgan fingerprint density at radius 2 is 0.581 bits per heavy atom. The van der Waals surface area contributed by atoms with E-state index < -0.39 is 0 Å². The lowest BCUT2D eigenvalue weighted by Gasteiger charge is -2.22. The van der Waals surface area contributed by atoms with Gasteiger partial charge in [0.2, 0.25) is 0 Å². The third-order valence-electron chi connectivity index (χ3n) is 23.5. The molecule has 0 unspecified atom stereocenters. The van der Waals surface area contributed by atoms with Gasteiger partial charge in [0.05, 0.1) is 44.8 Å². The Morgan fingerprint density at radius 3 is 1.02 bits per heavy atom. The molecule has 0 bridgehead atoms. The number of aromatic nitrogens is 4. The first-order valence-corrected chi connectivity index (χ1v) is 36.5. The number of rotatable bonds is 5. The Hall–Kier alpha value is -13.2. The zero-order chi connectivity index (χ0) is 69.6. The van der Waals surface area contributed by atoms with E-state index in [2.05, 4.69) is 352 Å². The van der Waals surface area contributed by atoms with Gasteiger partial charge in [0.25, 0.3) is 0 Å². The molecule has 0 spiro atoms. The second-order valence-electron chi connectivity index (χ2n) is 29.8. The second-order valence-corrected chi connectivity index (χ2v) is 29.8. The summed E-state index contributed by atoms with van der Waals surface area (Å²) in [5, 5.41) is 22.8. The summed E-state index contributed by atoms with van der Waals surface area (Å²) < 4.78 is 11.2. The maximum absolute atomic E-state index is 6.38. The molecule has 5 heteroatoms. The van der Waals surface area contributed by atoms with Crippen LogP contribution in [0.15, 0.2) is 332 Å². The molecule has 2 aliphatic rings. The number of hydrogen-bond acceptors (Lipinski definition) is 3. The van der Waals surface area contributed by atoms with Crippen LogP contribution in [0.25, 0.3) is 198 Å².